The van der Waals surface area contributed by atoms with Crippen molar-refractivity contribution in [3.8, 4) is 0 Å². The molecule has 30 heavy (non-hydrogen) atoms. The van der Waals surface area contributed by atoms with E-state index in [4.69, 9.17) is 10.3 Å². The van der Waals surface area contributed by atoms with Gasteiger partial charge in [-0.1, -0.05) is 89.1 Å². The van der Waals surface area contributed by atoms with E-state index in [0.717, 1.165) is 19.1 Å². The summed E-state index contributed by atoms with van der Waals surface area (Å²) in [6, 6.07) is -1.17. The lowest BCUT2D eigenvalue weighted by atomic mass is 10.0. The number of oxime groups is 1. The number of hydrogen-bond acceptors (Lipinski definition) is 7. The number of aliphatic hydroxyl groups excluding tert-OH is 4. The van der Waals surface area contributed by atoms with Crippen LogP contribution in [-0.2, 0) is 4.79 Å². The first-order valence-electron chi connectivity index (χ1n) is 11.6. The molecule has 0 aliphatic heterocycles. The zero-order valence-electron chi connectivity index (χ0n) is 18.6. The standard InChI is InChI=1S/C22H44N2O6/c1-2-3-4-5-6-7-8-9-10-11-12-13-14-15-20(27)24-18(16-23-30)21(28)22(29)19(26)17-25/h16,18-19,21-22,25-26,28-30H,2-15,17H2,1H3,(H,24,27)/b23-16+/t18-,19+,21+,22+/m0/s1. The van der Waals surface area contributed by atoms with Crippen molar-refractivity contribution in [1.29, 1.82) is 0 Å². The molecule has 0 spiro atoms. The van der Waals surface area contributed by atoms with Gasteiger partial charge < -0.3 is 31.0 Å². The van der Waals surface area contributed by atoms with Gasteiger partial charge in [-0.3, -0.25) is 4.79 Å². The second-order valence-electron chi connectivity index (χ2n) is 8.08. The molecule has 8 nitrogen and oxygen atoms in total. The third-order valence-corrected chi connectivity index (χ3v) is 5.36. The van der Waals surface area contributed by atoms with Gasteiger partial charge in [0.15, 0.2) is 0 Å². The maximum absolute atomic E-state index is 12.0. The van der Waals surface area contributed by atoms with Gasteiger partial charge in [-0.05, 0) is 6.42 Å². The Morgan fingerprint density at radius 3 is 1.73 bits per heavy atom. The zero-order valence-corrected chi connectivity index (χ0v) is 18.6. The van der Waals surface area contributed by atoms with E-state index in [0.29, 0.717) is 6.42 Å². The van der Waals surface area contributed by atoms with Gasteiger partial charge >= 0.3 is 0 Å². The van der Waals surface area contributed by atoms with Crippen LogP contribution in [0.25, 0.3) is 0 Å². The Balaban J connectivity index is 3.82. The Labute approximate surface area is 181 Å². The lowest BCUT2D eigenvalue weighted by molar-refractivity contribution is -0.124. The third-order valence-electron chi connectivity index (χ3n) is 5.36. The molecule has 0 bridgehead atoms. The van der Waals surface area contributed by atoms with Crippen LogP contribution in [0.5, 0.6) is 0 Å². The number of hydrogen-bond donors (Lipinski definition) is 6. The highest BCUT2D eigenvalue weighted by atomic mass is 16.4. The van der Waals surface area contributed by atoms with Crippen LogP contribution in [0.4, 0.5) is 0 Å². The summed E-state index contributed by atoms with van der Waals surface area (Å²) in [5.74, 6) is -0.340. The van der Waals surface area contributed by atoms with Crippen molar-refractivity contribution in [3.05, 3.63) is 0 Å². The van der Waals surface area contributed by atoms with Crippen LogP contribution in [-0.4, -0.2) is 68.7 Å². The summed E-state index contributed by atoms with van der Waals surface area (Å²) in [4.78, 5) is 12.0. The molecule has 0 radical (unpaired) electrons. The number of aliphatic hydroxyl groups is 4. The van der Waals surface area contributed by atoms with Crippen molar-refractivity contribution in [2.45, 2.75) is 121 Å². The molecule has 178 valence electrons. The molecule has 8 heteroatoms. The number of rotatable bonds is 20. The first-order chi connectivity index (χ1) is 14.5. The monoisotopic (exact) mass is 432 g/mol. The second kappa shape index (κ2) is 19.7. The Morgan fingerprint density at radius 2 is 1.30 bits per heavy atom. The molecule has 0 saturated heterocycles. The lowest BCUT2D eigenvalue weighted by Crippen LogP contribution is -2.53. The molecule has 0 aromatic carbocycles. The van der Waals surface area contributed by atoms with Gasteiger partial charge in [0.2, 0.25) is 5.91 Å². The van der Waals surface area contributed by atoms with Crippen LogP contribution < -0.4 is 5.32 Å². The molecular weight excluding hydrogens is 388 g/mol. The summed E-state index contributed by atoms with van der Waals surface area (Å²) in [7, 11) is 0. The van der Waals surface area contributed by atoms with Gasteiger partial charge in [-0.25, -0.2) is 0 Å². The molecule has 4 atom stereocenters. The largest absolute Gasteiger partial charge is 0.411 e. The van der Waals surface area contributed by atoms with Crippen molar-refractivity contribution < 1.29 is 30.4 Å². The van der Waals surface area contributed by atoms with Gasteiger partial charge in [0.25, 0.3) is 0 Å². The van der Waals surface area contributed by atoms with Gasteiger partial charge in [-0.15, -0.1) is 0 Å². The maximum atomic E-state index is 12.0. The lowest BCUT2D eigenvalue weighted by Gasteiger charge is -2.27. The summed E-state index contributed by atoms with van der Waals surface area (Å²) in [5.41, 5.74) is 0. The topological polar surface area (TPSA) is 143 Å². The molecule has 0 rings (SSSR count). The van der Waals surface area contributed by atoms with Gasteiger partial charge in [0, 0.05) is 6.42 Å². The average molecular weight is 433 g/mol. The fourth-order valence-corrected chi connectivity index (χ4v) is 3.39. The van der Waals surface area contributed by atoms with Crippen molar-refractivity contribution in [3.63, 3.8) is 0 Å². The van der Waals surface area contributed by atoms with E-state index < -0.39 is 31.0 Å². The third kappa shape index (κ3) is 14.7. The van der Waals surface area contributed by atoms with Crippen molar-refractivity contribution >= 4 is 12.1 Å². The maximum Gasteiger partial charge on any atom is 0.220 e. The molecule has 0 saturated carbocycles. The molecule has 0 aliphatic carbocycles. The normalized spacial score (nSPS) is 15.8. The number of carbonyl (C=O) groups excluding carboxylic acids is 1. The first kappa shape index (κ1) is 28.8. The smallest absolute Gasteiger partial charge is 0.220 e. The van der Waals surface area contributed by atoms with Crippen LogP contribution in [0.3, 0.4) is 0 Å². The van der Waals surface area contributed by atoms with E-state index in [-0.39, 0.29) is 12.3 Å². The minimum Gasteiger partial charge on any atom is -0.411 e. The van der Waals surface area contributed by atoms with Gasteiger partial charge in [0.1, 0.15) is 18.3 Å². The highest BCUT2D eigenvalue weighted by molar-refractivity contribution is 5.80. The number of amides is 1. The van der Waals surface area contributed by atoms with E-state index in [2.05, 4.69) is 17.4 Å². The van der Waals surface area contributed by atoms with E-state index in [1.54, 1.807) is 0 Å². The van der Waals surface area contributed by atoms with Crippen LogP contribution in [0.15, 0.2) is 5.16 Å². The molecule has 0 heterocycles. The molecule has 0 aromatic rings. The molecule has 0 aromatic heterocycles. The summed E-state index contributed by atoms with van der Waals surface area (Å²) in [6.45, 7) is 1.49. The SMILES string of the molecule is CCCCCCCCCCCCCCCC(=O)N[C@@H](/C=N/O)[C@@H](O)[C@H](O)[C@H](O)CO. The Hall–Kier alpha value is -1.22. The van der Waals surface area contributed by atoms with Gasteiger partial charge in [0.05, 0.1) is 18.9 Å². The van der Waals surface area contributed by atoms with E-state index in [1.165, 1.54) is 64.2 Å². The molecule has 6 N–H and O–H groups in total. The molecular formula is C22H44N2O6. The minimum atomic E-state index is -1.69. The fourth-order valence-electron chi connectivity index (χ4n) is 3.39. The summed E-state index contributed by atoms with van der Waals surface area (Å²) in [6.07, 6.45) is 12.0. The Bertz CT molecular complexity index is 436. The zero-order chi connectivity index (χ0) is 22.6. The van der Waals surface area contributed by atoms with Crippen LogP contribution in [0.2, 0.25) is 0 Å². The molecule has 0 fully saturated rings. The summed E-state index contributed by atoms with van der Waals surface area (Å²) < 4.78 is 0. The molecule has 1 amide bonds. The average Bonchev–Trinajstić information content (AvgIpc) is 2.75. The van der Waals surface area contributed by atoms with E-state index >= 15 is 0 Å². The van der Waals surface area contributed by atoms with Crippen LogP contribution >= 0.6 is 0 Å². The van der Waals surface area contributed by atoms with Crippen molar-refractivity contribution in [1.82, 2.24) is 5.32 Å². The van der Waals surface area contributed by atoms with Crippen LogP contribution in [0, 0.1) is 0 Å². The molecule has 0 aliphatic rings. The van der Waals surface area contributed by atoms with Crippen LogP contribution in [0.1, 0.15) is 96.8 Å². The van der Waals surface area contributed by atoms with Gasteiger partial charge in [-0.2, -0.15) is 0 Å². The Morgan fingerprint density at radius 1 is 0.833 bits per heavy atom. The highest BCUT2D eigenvalue weighted by Crippen LogP contribution is 2.13. The van der Waals surface area contributed by atoms with Crippen molar-refractivity contribution in [2.75, 3.05) is 6.61 Å². The number of unbranched alkanes of at least 4 members (excludes halogenated alkanes) is 12. The number of carbonyl (C=O) groups is 1. The molecule has 0 unspecified atom stereocenters. The summed E-state index contributed by atoms with van der Waals surface area (Å²) in [5, 5.41) is 51.9. The predicted molar refractivity (Wildman–Crippen MR) is 118 cm³/mol. The fraction of sp³-hybridized carbons (Fsp3) is 0.909. The minimum absolute atomic E-state index is 0.263. The quantitative estimate of drug-likeness (QED) is 0.0755. The number of nitrogens with zero attached hydrogens (tertiary/aromatic N) is 1. The highest BCUT2D eigenvalue weighted by Gasteiger charge is 2.31. The predicted octanol–water partition coefficient (Wildman–Crippen LogP) is 2.49. The Kier molecular flexibility index (Phi) is 18.9. The van der Waals surface area contributed by atoms with E-state index in [1.807, 2.05) is 0 Å². The van der Waals surface area contributed by atoms with Crippen molar-refractivity contribution in [2.24, 2.45) is 5.16 Å². The first-order valence-corrected chi connectivity index (χ1v) is 11.6. The summed E-state index contributed by atoms with van der Waals surface area (Å²) >= 11 is 0. The van der Waals surface area contributed by atoms with E-state index in [9.17, 15) is 20.1 Å². The second-order valence-corrected chi connectivity index (χ2v) is 8.08. The number of nitrogens with one attached hydrogen (secondary N) is 1.